The highest BCUT2D eigenvalue weighted by Crippen LogP contribution is 2.40. The molecule has 2 heterocycles. The Hall–Kier alpha value is -0.890. The summed E-state index contributed by atoms with van der Waals surface area (Å²) in [7, 11) is 0. The molecule has 0 aromatic rings. The average Bonchev–Trinajstić information content (AvgIpc) is 3.12. The van der Waals surface area contributed by atoms with Gasteiger partial charge in [0.25, 0.3) is 0 Å². The first-order chi connectivity index (χ1) is 13.8. The molecule has 2 fully saturated rings. The summed E-state index contributed by atoms with van der Waals surface area (Å²) in [5.74, 6) is -0.692. The lowest BCUT2D eigenvalue weighted by Crippen LogP contribution is -2.48. The summed E-state index contributed by atoms with van der Waals surface area (Å²) in [5.41, 5.74) is 5.26. The first-order valence-electron chi connectivity index (χ1n) is 11.5. The number of rotatable bonds is 14. The van der Waals surface area contributed by atoms with Crippen molar-refractivity contribution in [1.82, 2.24) is 5.32 Å². The summed E-state index contributed by atoms with van der Waals surface area (Å²) in [4.78, 5) is 11.2. The molecule has 7 nitrogen and oxygen atoms in total. The maximum absolute atomic E-state index is 11.2. The second-order valence-electron chi connectivity index (χ2n) is 8.88. The highest BCUT2D eigenvalue weighted by atomic mass is 16.8. The number of unbranched alkanes of at least 4 members (excludes halogenated alkanes) is 9. The van der Waals surface area contributed by atoms with E-state index in [1.807, 2.05) is 20.8 Å². The zero-order chi connectivity index (χ0) is 21.3. The van der Waals surface area contributed by atoms with Gasteiger partial charge < -0.3 is 30.0 Å². The first-order valence-corrected chi connectivity index (χ1v) is 11.5. The number of ether oxygens (including phenoxy) is 4. The molecular formula is C22H42N2O5. The van der Waals surface area contributed by atoms with Gasteiger partial charge in [-0.1, -0.05) is 64.7 Å². The predicted octanol–water partition coefficient (Wildman–Crippen LogP) is 4.23. The molecule has 0 radical (unpaired) electrons. The molecule has 2 rings (SSSR count). The van der Waals surface area contributed by atoms with Crippen LogP contribution in [-0.2, 0) is 18.9 Å². The third kappa shape index (κ3) is 8.04. The number of nitrogens with one attached hydrogen (secondary N) is 1. The van der Waals surface area contributed by atoms with Crippen molar-refractivity contribution in [3.8, 4) is 0 Å². The fraction of sp³-hybridized carbons (Fsp3) is 0.955. The van der Waals surface area contributed by atoms with E-state index in [2.05, 4.69) is 12.2 Å². The zero-order valence-corrected chi connectivity index (χ0v) is 18.8. The minimum Gasteiger partial charge on any atom is -0.352 e. The van der Waals surface area contributed by atoms with E-state index in [0.717, 1.165) is 6.42 Å². The van der Waals surface area contributed by atoms with E-state index in [1.165, 1.54) is 57.8 Å². The fourth-order valence-electron chi connectivity index (χ4n) is 4.22. The zero-order valence-electron chi connectivity index (χ0n) is 18.8. The fourth-order valence-corrected chi connectivity index (χ4v) is 4.22. The Morgan fingerprint density at radius 2 is 1.55 bits per heavy atom. The van der Waals surface area contributed by atoms with Gasteiger partial charge in [0.1, 0.15) is 18.3 Å². The van der Waals surface area contributed by atoms with E-state index in [1.54, 1.807) is 0 Å². The largest absolute Gasteiger partial charge is 0.352 e. The van der Waals surface area contributed by atoms with Crippen LogP contribution >= 0.6 is 0 Å². The second-order valence-corrected chi connectivity index (χ2v) is 8.88. The van der Waals surface area contributed by atoms with E-state index >= 15 is 0 Å². The van der Waals surface area contributed by atoms with Crippen molar-refractivity contribution >= 4 is 6.03 Å². The Labute approximate surface area is 176 Å². The molecule has 3 N–H and O–H groups in total. The smallest absolute Gasteiger partial charge is 0.312 e. The SMILES string of the molecule is CCCCCCCCCCCCO[C@H]1O[C@H]([C@H](C)NC(N)=O)[C@@H]2OC(C)(C)O[C@H]12. The van der Waals surface area contributed by atoms with Crippen molar-refractivity contribution in [3.05, 3.63) is 0 Å². The third-order valence-corrected chi connectivity index (χ3v) is 5.69. The molecule has 0 unspecified atom stereocenters. The van der Waals surface area contributed by atoms with Crippen molar-refractivity contribution < 1.29 is 23.7 Å². The van der Waals surface area contributed by atoms with E-state index in [0.29, 0.717) is 6.61 Å². The predicted molar refractivity (Wildman–Crippen MR) is 112 cm³/mol. The van der Waals surface area contributed by atoms with Crippen molar-refractivity contribution in [1.29, 1.82) is 0 Å². The maximum atomic E-state index is 11.2. The van der Waals surface area contributed by atoms with Gasteiger partial charge in [-0.3, -0.25) is 0 Å². The molecule has 0 bridgehead atoms. The Balaban J connectivity index is 1.65. The summed E-state index contributed by atoms with van der Waals surface area (Å²) < 4.78 is 24.0. The Bertz CT molecular complexity index is 488. The lowest BCUT2D eigenvalue weighted by Gasteiger charge is -2.27. The van der Waals surface area contributed by atoms with E-state index in [9.17, 15) is 4.79 Å². The second kappa shape index (κ2) is 12.1. The normalized spacial score (nSPS) is 29.0. The van der Waals surface area contributed by atoms with Crippen molar-refractivity contribution in [2.75, 3.05) is 6.61 Å². The molecule has 29 heavy (non-hydrogen) atoms. The molecule has 0 aromatic carbocycles. The molecule has 0 spiro atoms. The van der Waals surface area contributed by atoms with Crippen LogP contribution in [0.2, 0.25) is 0 Å². The Morgan fingerprint density at radius 1 is 1.00 bits per heavy atom. The summed E-state index contributed by atoms with van der Waals surface area (Å²) in [6.07, 6.45) is 11.5. The van der Waals surface area contributed by atoms with E-state index in [4.69, 9.17) is 24.7 Å². The highest BCUT2D eigenvalue weighted by molar-refractivity contribution is 5.72. The summed E-state index contributed by atoms with van der Waals surface area (Å²) in [6, 6.07) is -0.867. The number of nitrogens with two attached hydrogens (primary N) is 1. The average molecular weight is 415 g/mol. The van der Waals surface area contributed by atoms with Crippen LogP contribution in [-0.4, -0.2) is 49.1 Å². The molecule has 7 heteroatoms. The number of amides is 2. The Kier molecular flexibility index (Phi) is 10.2. The van der Waals surface area contributed by atoms with Crippen LogP contribution in [0, 0.1) is 0 Å². The number of urea groups is 1. The molecule has 0 saturated carbocycles. The van der Waals surface area contributed by atoms with Gasteiger partial charge in [-0.25, -0.2) is 4.79 Å². The van der Waals surface area contributed by atoms with Gasteiger partial charge in [0, 0.05) is 6.61 Å². The molecule has 5 atom stereocenters. The van der Waals surface area contributed by atoms with Gasteiger partial charge in [-0.15, -0.1) is 0 Å². The van der Waals surface area contributed by atoms with Gasteiger partial charge >= 0.3 is 6.03 Å². The van der Waals surface area contributed by atoms with Crippen molar-refractivity contribution in [2.24, 2.45) is 5.73 Å². The van der Waals surface area contributed by atoms with Crippen LogP contribution < -0.4 is 11.1 Å². The van der Waals surface area contributed by atoms with Gasteiger partial charge in [-0.05, 0) is 27.2 Å². The van der Waals surface area contributed by atoms with Crippen LogP contribution in [0.15, 0.2) is 0 Å². The lowest BCUT2D eigenvalue weighted by atomic mass is 10.1. The van der Waals surface area contributed by atoms with E-state index < -0.39 is 18.1 Å². The quantitative estimate of drug-likeness (QED) is 0.415. The first kappa shape index (κ1) is 24.4. The summed E-state index contributed by atoms with van der Waals surface area (Å²) in [5, 5.41) is 2.68. The number of carbonyl (C=O) groups is 1. The minimum absolute atomic E-state index is 0.287. The molecule has 2 amide bonds. The maximum Gasteiger partial charge on any atom is 0.312 e. The standard InChI is InChI=1S/C22H42N2O5/c1-5-6-7-8-9-10-11-12-13-14-15-26-20-19-18(28-22(3,4)29-19)17(27-20)16(2)24-21(23)25/h16-20H,5-15H2,1-4H3,(H3,23,24,25)/t16-,17+,18-,19-,20-/m0/s1. The number of fused-ring (bicyclic) bond motifs is 1. The molecule has 2 saturated heterocycles. The molecular weight excluding hydrogens is 372 g/mol. The number of hydrogen-bond donors (Lipinski definition) is 2. The van der Waals surface area contributed by atoms with Gasteiger partial charge in [0.15, 0.2) is 12.1 Å². The van der Waals surface area contributed by atoms with Crippen molar-refractivity contribution in [2.45, 2.75) is 128 Å². The molecule has 170 valence electrons. The Morgan fingerprint density at radius 3 is 2.14 bits per heavy atom. The minimum atomic E-state index is -0.692. The summed E-state index contributed by atoms with van der Waals surface area (Å²) >= 11 is 0. The monoisotopic (exact) mass is 414 g/mol. The van der Waals surface area contributed by atoms with Crippen LogP contribution in [0.25, 0.3) is 0 Å². The molecule has 0 aliphatic carbocycles. The van der Waals surface area contributed by atoms with Crippen LogP contribution in [0.5, 0.6) is 0 Å². The lowest BCUT2D eigenvalue weighted by molar-refractivity contribution is -0.235. The van der Waals surface area contributed by atoms with Crippen molar-refractivity contribution in [3.63, 3.8) is 0 Å². The number of hydrogen-bond acceptors (Lipinski definition) is 5. The number of carbonyl (C=O) groups excluding carboxylic acids is 1. The van der Waals surface area contributed by atoms with Gasteiger partial charge in [0.05, 0.1) is 6.04 Å². The molecule has 0 aromatic heterocycles. The van der Waals surface area contributed by atoms with Crippen LogP contribution in [0.4, 0.5) is 4.79 Å². The highest BCUT2D eigenvalue weighted by Gasteiger charge is 2.57. The summed E-state index contributed by atoms with van der Waals surface area (Å²) in [6.45, 7) is 8.51. The topological polar surface area (TPSA) is 92.0 Å². The molecule has 2 aliphatic rings. The van der Waals surface area contributed by atoms with Crippen LogP contribution in [0.1, 0.15) is 91.9 Å². The van der Waals surface area contributed by atoms with E-state index in [-0.39, 0.29) is 24.4 Å². The van der Waals surface area contributed by atoms with Gasteiger partial charge in [-0.2, -0.15) is 0 Å². The van der Waals surface area contributed by atoms with Crippen LogP contribution in [0.3, 0.4) is 0 Å². The van der Waals surface area contributed by atoms with Gasteiger partial charge in [0.2, 0.25) is 0 Å². The third-order valence-electron chi connectivity index (χ3n) is 5.69. The molecule has 2 aliphatic heterocycles. The number of primary amides is 1.